The maximum Gasteiger partial charge on any atom is 0.207 e. The lowest BCUT2D eigenvalue weighted by Crippen LogP contribution is -2.17. The number of carbonyl (C=O) groups excluding carboxylic acids is 1. The molecule has 5 heteroatoms. The molecule has 1 amide bonds. The van der Waals surface area contributed by atoms with E-state index in [0.717, 1.165) is 54.0 Å². The fourth-order valence-corrected chi connectivity index (χ4v) is 3.18. The fourth-order valence-electron chi connectivity index (χ4n) is 3.18. The van der Waals surface area contributed by atoms with Gasteiger partial charge in [-0.1, -0.05) is 36.4 Å². The second-order valence-electron chi connectivity index (χ2n) is 6.29. The van der Waals surface area contributed by atoms with Crippen LogP contribution in [-0.4, -0.2) is 29.1 Å². The number of aryl methyl sites for hydroxylation is 1. The van der Waals surface area contributed by atoms with Gasteiger partial charge < -0.3 is 14.6 Å². The monoisotopic (exact) mass is 363 g/mol. The first-order valence-electron chi connectivity index (χ1n) is 9.26. The van der Waals surface area contributed by atoms with E-state index in [2.05, 4.69) is 28.6 Å². The fraction of sp³-hybridized carbons (Fsp3) is 0.273. The number of nitrogens with zero attached hydrogens (tertiary/aromatic N) is 2. The first kappa shape index (κ1) is 18.7. The van der Waals surface area contributed by atoms with E-state index in [1.165, 1.54) is 0 Å². The van der Waals surface area contributed by atoms with Crippen molar-refractivity contribution in [2.75, 3.05) is 13.2 Å². The van der Waals surface area contributed by atoms with Crippen molar-refractivity contribution >= 4 is 17.4 Å². The van der Waals surface area contributed by atoms with Gasteiger partial charge >= 0.3 is 0 Å². The number of nitrogens with one attached hydrogen (secondary N) is 1. The van der Waals surface area contributed by atoms with Gasteiger partial charge in [-0.3, -0.25) is 4.79 Å². The summed E-state index contributed by atoms with van der Waals surface area (Å²) in [5, 5.41) is 2.71. The summed E-state index contributed by atoms with van der Waals surface area (Å²) >= 11 is 0. The molecule has 27 heavy (non-hydrogen) atoms. The summed E-state index contributed by atoms with van der Waals surface area (Å²) in [6, 6.07) is 16.2. The Balaban J connectivity index is 1.65. The largest absolute Gasteiger partial charge is 0.493 e. The zero-order chi connectivity index (χ0) is 18.9. The third kappa shape index (κ3) is 4.76. The average molecular weight is 363 g/mol. The van der Waals surface area contributed by atoms with Crippen molar-refractivity contribution in [1.82, 2.24) is 14.9 Å². The number of carbonyl (C=O) groups is 1. The van der Waals surface area contributed by atoms with Crippen molar-refractivity contribution in [2.24, 2.45) is 0 Å². The van der Waals surface area contributed by atoms with Crippen LogP contribution in [0.3, 0.4) is 0 Å². The minimum Gasteiger partial charge on any atom is -0.493 e. The molecule has 0 unspecified atom stereocenters. The first-order valence-corrected chi connectivity index (χ1v) is 9.26. The third-order valence-electron chi connectivity index (χ3n) is 4.43. The predicted octanol–water partition coefficient (Wildman–Crippen LogP) is 3.52. The molecule has 1 aromatic heterocycles. The number of fused-ring (bicyclic) bond motifs is 1. The quantitative estimate of drug-likeness (QED) is 0.322. The van der Waals surface area contributed by atoms with Gasteiger partial charge in [0, 0.05) is 19.5 Å². The van der Waals surface area contributed by atoms with Gasteiger partial charge in [-0.25, -0.2) is 4.98 Å². The van der Waals surface area contributed by atoms with E-state index in [1.54, 1.807) is 0 Å². The number of para-hydroxylation sites is 3. The molecule has 0 radical (unpaired) electrons. The highest BCUT2D eigenvalue weighted by atomic mass is 16.5. The number of imidazole rings is 1. The Morgan fingerprint density at radius 1 is 1.15 bits per heavy atom. The summed E-state index contributed by atoms with van der Waals surface area (Å²) in [5.74, 6) is 1.90. The summed E-state index contributed by atoms with van der Waals surface area (Å²) in [4.78, 5) is 15.2. The minimum atomic E-state index is 0.582. The number of benzene rings is 2. The molecule has 0 aliphatic heterocycles. The van der Waals surface area contributed by atoms with Crippen LogP contribution >= 0.6 is 0 Å². The van der Waals surface area contributed by atoms with Crippen LogP contribution in [0.4, 0.5) is 0 Å². The molecule has 0 spiro atoms. The molecule has 0 saturated heterocycles. The van der Waals surface area contributed by atoms with Gasteiger partial charge in [0.1, 0.15) is 11.6 Å². The number of hydrogen-bond donors (Lipinski definition) is 1. The molecule has 0 bridgehead atoms. The summed E-state index contributed by atoms with van der Waals surface area (Å²) < 4.78 is 8.22. The van der Waals surface area contributed by atoms with Crippen LogP contribution in [0.5, 0.6) is 5.75 Å². The molecule has 2 aromatic carbocycles. The maximum atomic E-state index is 10.5. The predicted molar refractivity (Wildman–Crippen MR) is 108 cm³/mol. The number of aromatic nitrogens is 2. The highest BCUT2D eigenvalue weighted by Gasteiger charge is 2.10. The van der Waals surface area contributed by atoms with E-state index in [-0.39, 0.29) is 0 Å². The Hall–Kier alpha value is -3.08. The van der Waals surface area contributed by atoms with Gasteiger partial charge in [-0.2, -0.15) is 0 Å². The van der Waals surface area contributed by atoms with Crippen molar-refractivity contribution < 1.29 is 9.53 Å². The Morgan fingerprint density at radius 2 is 1.96 bits per heavy atom. The molecule has 0 saturated carbocycles. The van der Waals surface area contributed by atoms with Crippen LogP contribution in [0.25, 0.3) is 11.0 Å². The zero-order valence-electron chi connectivity index (χ0n) is 15.4. The van der Waals surface area contributed by atoms with Crippen molar-refractivity contribution in [3.05, 3.63) is 72.6 Å². The molecule has 0 atom stereocenters. The van der Waals surface area contributed by atoms with Gasteiger partial charge in [0.15, 0.2) is 0 Å². The summed E-state index contributed by atoms with van der Waals surface area (Å²) in [6.45, 7) is 5.84. The number of hydrogen-bond acceptors (Lipinski definition) is 3. The molecule has 0 aliphatic carbocycles. The molecule has 140 valence electrons. The highest BCUT2D eigenvalue weighted by Crippen LogP contribution is 2.20. The number of allylic oxidation sites excluding steroid dienone is 1. The van der Waals surface area contributed by atoms with E-state index >= 15 is 0 Å². The van der Waals surface area contributed by atoms with Crippen molar-refractivity contribution in [1.29, 1.82) is 0 Å². The molecule has 3 aromatic rings. The van der Waals surface area contributed by atoms with Crippen molar-refractivity contribution in [2.45, 2.75) is 25.8 Å². The van der Waals surface area contributed by atoms with Crippen LogP contribution in [0.1, 0.15) is 17.8 Å². The van der Waals surface area contributed by atoms with Gasteiger partial charge in [-0.15, -0.1) is 6.58 Å². The lowest BCUT2D eigenvalue weighted by Gasteiger charge is -2.12. The lowest BCUT2D eigenvalue weighted by atomic mass is 10.1. The summed E-state index contributed by atoms with van der Waals surface area (Å²) in [7, 11) is 0. The van der Waals surface area contributed by atoms with Crippen molar-refractivity contribution in [3.63, 3.8) is 0 Å². The molecule has 0 aliphatic rings. The van der Waals surface area contributed by atoms with E-state index < -0.39 is 0 Å². The SMILES string of the molecule is C=CCc1ccccc1OCCCn1c(CCNC=O)nc2ccccc21. The summed E-state index contributed by atoms with van der Waals surface area (Å²) in [6.07, 6.45) is 4.99. The molecular formula is C22H25N3O2. The van der Waals surface area contributed by atoms with Crippen molar-refractivity contribution in [3.8, 4) is 5.75 Å². The first-order chi connectivity index (χ1) is 13.3. The molecule has 0 fully saturated rings. The molecule has 1 N–H and O–H groups in total. The average Bonchev–Trinajstić information content (AvgIpc) is 3.04. The van der Waals surface area contributed by atoms with E-state index in [4.69, 9.17) is 9.72 Å². The Bertz CT molecular complexity index is 901. The second-order valence-corrected chi connectivity index (χ2v) is 6.29. The van der Waals surface area contributed by atoms with E-state index in [1.807, 2.05) is 42.5 Å². The molecular weight excluding hydrogens is 338 g/mol. The van der Waals surface area contributed by atoms with Gasteiger partial charge in [0.25, 0.3) is 0 Å². The minimum absolute atomic E-state index is 0.582. The van der Waals surface area contributed by atoms with Crippen LogP contribution in [0.2, 0.25) is 0 Å². The van der Waals surface area contributed by atoms with Crippen LogP contribution < -0.4 is 10.1 Å². The normalized spacial score (nSPS) is 10.7. The Labute approximate surface area is 159 Å². The van der Waals surface area contributed by atoms with Crippen LogP contribution in [-0.2, 0) is 24.2 Å². The Morgan fingerprint density at radius 3 is 2.81 bits per heavy atom. The number of amides is 1. The third-order valence-corrected chi connectivity index (χ3v) is 4.43. The lowest BCUT2D eigenvalue weighted by molar-refractivity contribution is -0.109. The number of rotatable bonds is 11. The second kappa shape index (κ2) is 9.57. The molecule has 5 nitrogen and oxygen atoms in total. The smallest absolute Gasteiger partial charge is 0.207 e. The summed E-state index contributed by atoms with van der Waals surface area (Å²) in [5.41, 5.74) is 3.25. The van der Waals surface area contributed by atoms with Crippen LogP contribution in [0, 0.1) is 0 Å². The van der Waals surface area contributed by atoms with Gasteiger partial charge in [0.2, 0.25) is 6.41 Å². The zero-order valence-corrected chi connectivity index (χ0v) is 15.4. The van der Waals surface area contributed by atoms with Gasteiger partial charge in [-0.05, 0) is 36.6 Å². The van der Waals surface area contributed by atoms with E-state index in [9.17, 15) is 4.79 Å². The molecule has 1 heterocycles. The highest BCUT2D eigenvalue weighted by molar-refractivity contribution is 5.75. The molecule has 3 rings (SSSR count). The Kier molecular flexibility index (Phi) is 6.63. The maximum absolute atomic E-state index is 10.5. The van der Waals surface area contributed by atoms with Gasteiger partial charge in [0.05, 0.1) is 17.6 Å². The standard InChI is InChI=1S/C22H25N3O2/c1-2-8-18-9-3-6-12-21(18)27-16-7-15-25-20-11-5-4-10-19(20)24-22(25)13-14-23-17-26/h2-6,9-12,17H,1,7-8,13-16H2,(H,23,26). The topological polar surface area (TPSA) is 56.1 Å². The number of ether oxygens (including phenoxy) is 1. The van der Waals surface area contributed by atoms with E-state index in [0.29, 0.717) is 19.6 Å². The van der Waals surface area contributed by atoms with Crippen LogP contribution in [0.15, 0.2) is 61.2 Å².